The first-order valence-electron chi connectivity index (χ1n) is 6.64. The molecule has 2 N–H and O–H groups in total. The number of carbonyl (C=O) groups is 2. The Kier molecular flexibility index (Phi) is 6.06. The Morgan fingerprint density at radius 2 is 1.89 bits per heavy atom. The molecule has 0 saturated heterocycles. The number of nitrogens with one attached hydrogen (secondary N) is 1. The van der Waals surface area contributed by atoms with Crippen molar-refractivity contribution in [1.82, 2.24) is 5.32 Å². The van der Waals surface area contributed by atoms with E-state index in [-0.39, 0.29) is 11.8 Å². The van der Waals surface area contributed by atoms with Crippen LogP contribution in [-0.2, 0) is 9.59 Å². The number of unbranched alkanes of at least 4 members (excludes halogenated alkanes) is 1. The molecule has 1 aromatic rings. The van der Waals surface area contributed by atoms with Crippen LogP contribution in [0.15, 0.2) is 30.3 Å². The highest BCUT2D eigenvalue weighted by atomic mass is 16.4. The van der Waals surface area contributed by atoms with Gasteiger partial charge in [0.1, 0.15) is 6.04 Å². The summed E-state index contributed by atoms with van der Waals surface area (Å²) in [6.45, 7) is 3.77. The van der Waals surface area contributed by atoms with Crippen LogP contribution in [0.1, 0.15) is 44.6 Å². The second-order valence-electron chi connectivity index (χ2n) is 4.67. The molecule has 0 heterocycles. The van der Waals surface area contributed by atoms with E-state index in [4.69, 9.17) is 5.11 Å². The van der Waals surface area contributed by atoms with Crippen LogP contribution in [0.3, 0.4) is 0 Å². The van der Waals surface area contributed by atoms with E-state index >= 15 is 0 Å². The summed E-state index contributed by atoms with van der Waals surface area (Å²) in [4.78, 5) is 23.1. The first kappa shape index (κ1) is 15.2. The molecule has 4 heteroatoms. The summed E-state index contributed by atoms with van der Waals surface area (Å²) in [5.74, 6) is -1.55. The van der Waals surface area contributed by atoms with Crippen molar-refractivity contribution in [3.05, 3.63) is 35.9 Å². The summed E-state index contributed by atoms with van der Waals surface area (Å²) in [5, 5.41) is 11.7. The number of hydrogen-bond acceptors (Lipinski definition) is 2. The minimum absolute atomic E-state index is 0.241. The van der Waals surface area contributed by atoms with Crippen LogP contribution >= 0.6 is 0 Å². The lowest BCUT2D eigenvalue weighted by Crippen LogP contribution is -2.42. The molecular formula is C15H21NO3. The summed E-state index contributed by atoms with van der Waals surface area (Å²) >= 11 is 0. The molecule has 0 bridgehead atoms. The van der Waals surface area contributed by atoms with E-state index in [0.717, 1.165) is 18.4 Å². The molecule has 104 valence electrons. The maximum Gasteiger partial charge on any atom is 0.326 e. The Balaban J connectivity index is 2.64. The van der Waals surface area contributed by atoms with Gasteiger partial charge in [-0.05, 0) is 18.9 Å². The van der Waals surface area contributed by atoms with Crippen molar-refractivity contribution in [1.29, 1.82) is 0 Å². The van der Waals surface area contributed by atoms with Gasteiger partial charge in [0, 0.05) is 0 Å². The van der Waals surface area contributed by atoms with Gasteiger partial charge in [-0.1, -0.05) is 50.1 Å². The summed E-state index contributed by atoms with van der Waals surface area (Å²) in [5.41, 5.74) is 0.889. The number of carboxylic acid groups (broad SMARTS) is 1. The Hall–Kier alpha value is -1.84. The number of hydrogen-bond donors (Lipinski definition) is 2. The predicted octanol–water partition coefficient (Wildman–Crippen LogP) is 2.55. The molecule has 0 aliphatic rings. The Bertz CT molecular complexity index is 417. The molecule has 2 atom stereocenters. The molecule has 0 radical (unpaired) electrons. The molecule has 0 saturated carbocycles. The van der Waals surface area contributed by atoms with Crippen molar-refractivity contribution < 1.29 is 14.7 Å². The van der Waals surface area contributed by atoms with E-state index in [1.54, 1.807) is 6.92 Å². The highest BCUT2D eigenvalue weighted by Gasteiger charge is 2.22. The normalized spacial score (nSPS) is 13.6. The zero-order valence-corrected chi connectivity index (χ0v) is 11.4. The summed E-state index contributed by atoms with van der Waals surface area (Å²) in [6, 6.07) is 8.56. The fourth-order valence-corrected chi connectivity index (χ4v) is 1.86. The molecule has 4 nitrogen and oxygen atoms in total. The highest BCUT2D eigenvalue weighted by molar-refractivity contribution is 5.87. The average molecular weight is 263 g/mol. The second kappa shape index (κ2) is 7.56. The van der Waals surface area contributed by atoms with E-state index in [9.17, 15) is 9.59 Å². The maximum absolute atomic E-state index is 12.0. The molecule has 19 heavy (non-hydrogen) atoms. The summed E-state index contributed by atoms with van der Waals surface area (Å²) < 4.78 is 0. The van der Waals surface area contributed by atoms with Gasteiger partial charge in [-0.25, -0.2) is 4.79 Å². The third-order valence-corrected chi connectivity index (χ3v) is 3.15. The van der Waals surface area contributed by atoms with Gasteiger partial charge < -0.3 is 10.4 Å². The second-order valence-corrected chi connectivity index (χ2v) is 4.67. The van der Waals surface area contributed by atoms with E-state index in [2.05, 4.69) is 5.32 Å². The minimum atomic E-state index is -0.970. The number of carbonyl (C=O) groups excluding carboxylic acids is 1. The van der Waals surface area contributed by atoms with Crippen molar-refractivity contribution in [2.75, 3.05) is 0 Å². The lowest BCUT2D eigenvalue weighted by atomic mass is 9.99. The van der Waals surface area contributed by atoms with Gasteiger partial charge in [0.15, 0.2) is 0 Å². The molecule has 0 aliphatic heterocycles. The van der Waals surface area contributed by atoms with Gasteiger partial charge >= 0.3 is 5.97 Å². The van der Waals surface area contributed by atoms with Crippen LogP contribution in [0.4, 0.5) is 0 Å². The Labute approximate surface area is 113 Å². The number of rotatable bonds is 7. The molecule has 1 aromatic carbocycles. The van der Waals surface area contributed by atoms with Crippen molar-refractivity contribution >= 4 is 11.9 Å². The number of carboxylic acids is 1. The first-order chi connectivity index (χ1) is 9.06. The first-order valence-corrected chi connectivity index (χ1v) is 6.64. The van der Waals surface area contributed by atoms with E-state index in [1.165, 1.54) is 0 Å². The number of aliphatic carboxylic acids is 1. The third-order valence-electron chi connectivity index (χ3n) is 3.15. The van der Waals surface area contributed by atoms with E-state index in [0.29, 0.717) is 6.42 Å². The van der Waals surface area contributed by atoms with Crippen LogP contribution in [0.25, 0.3) is 0 Å². The summed E-state index contributed by atoms with van der Waals surface area (Å²) in [7, 11) is 0. The van der Waals surface area contributed by atoms with Gasteiger partial charge in [0.2, 0.25) is 5.91 Å². The van der Waals surface area contributed by atoms with Crippen LogP contribution in [0.2, 0.25) is 0 Å². The highest BCUT2D eigenvalue weighted by Crippen LogP contribution is 2.15. The van der Waals surface area contributed by atoms with Crippen molar-refractivity contribution in [3.63, 3.8) is 0 Å². The summed E-state index contributed by atoms with van der Waals surface area (Å²) in [6.07, 6.45) is 2.17. The molecule has 0 fully saturated rings. The molecule has 1 rings (SSSR count). The quantitative estimate of drug-likeness (QED) is 0.794. The van der Waals surface area contributed by atoms with Crippen molar-refractivity contribution in [2.45, 2.75) is 45.1 Å². The SMILES string of the molecule is CCCCC(NC(=O)C(C)c1ccccc1)C(=O)O. The van der Waals surface area contributed by atoms with E-state index < -0.39 is 12.0 Å². The number of benzene rings is 1. The van der Waals surface area contributed by atoms with Gasteiger partial charge in [0.05, 0.1) is 5.92 Å². The predicted molar refractivity (Wildman–Crippen MR) is 73.9 cm³/mol. The monoisotopic (exact) mass is 263 g/mol. The van der Waals surface area contributed by atoms with Gasteiger partial charge in [0.25, 0.3) is 0 Å². The van der Waals surface area contributed by atoms with Gasteiger partial charge in [-0.15, -0.1) is 0 Å². The van der Waals surface area contributed by atoms with Crippen LogP contribution in [-0.4, -0.2) is 23.0 Å². The number of amides is 1. The van der Waals surface area contributed by atoms with Crippen molar-refractivity contribution in [3.8, 4) is 0 Å². The lowest BCUT2D eigenvalue weighted by molar-refractivity contribution is -0.142. The fourth-order valence-electron chi connectivity index (χ4n) is 1.86. The van der Waals surface area contributed by atoms with E-state index in [1.807, 2.05) is 37.3 Å². The molecule has 0 aliphatic carbocycles. The van der Waals surface area contributed by atoms with Crippen molar-refractivity contribution in [2.24, 2.45) is 0 Å². The smallest absolute Gasteiger partial charge is 0.326 e. The molecule has 0 spiro atoms. The molecular weight excluding hydrogens is 242 g/mol. The van der Waals surface area contributed by atoms with Crippen LogP contribution < -0.4 is 5.32 Å². The lowest BCUT2D eigenvalue weighted by Gasteiger charge is -2.17. The molecule has 1 amide bonds. The fraction of sp³-hybridized carbons (Fsp3) is 0.467. The minimum Gasteiger partial charge on any atom is -0.480 e. The topological polar surface area (TPSA) is 66.4 Å². The van der Waals surface area contributed by atoms with Crippen LogP contribution in [0.5, 0.6) is 0 Å². The Morgan fingerprint density at radius 3 is 2.42 bits per heavy atom. The molecule has 0 aromatic heterocycles. The van der Waals surface area contributed by atoms with Crippen LogP contribution in [0, 0.1) is 0 Å². The standard InChI is InChI=1S/C15H21NO3/c1-3-4-10-13(15(18)19)16-14(17)11(2)12-8-6-5-7-9-12/h5-9,11,13H,3-4,10H2,1-2H3,(H,16,17)(H,18,19). The average Bonchev–Trinajstić information content (AvgIpc) is 2.43. The van der Waals surface area contributed by atoms with Gasteiger partial charge in [-0.2, -0.15) is 0 Å². The molecule has 2 unspecified atom stereocenters. The van der Waals surface area contributed by atoms with Gasteiger partial charge in [-0.3, -0.25) is 4.79 Å². The largest absolute Gasteiger partial charge is 0.480 e. The Morgan fingerprint density at radius 1 is 1.26 bits per heavy atom. The maximum atomic E-state index is 12.0. The third kappa shape index (κ3) is 4.73. The zero-order valence-electron chi connectivity index (χ0n) is 11.4. The zero-order chi connectivity index (χ0) is 14.3.